The van der Waals surface area contributed by atoms with E-state index in [9.17, 15) is 9.59 Å². The summed E-state index contributed by atoms with van der Waals surface area (Å²) in [5.74, 6) is 1.11. The number of nitrogens with one attached hydrogen (secondary N) is 3. The fourth-order valence-electron chi connectivity index (χ4n) is 3.25. The number of anilines is 2. The Balaban J connectivity index is 1.71. The maximum Gasteiger partial charge on any atom is 0.228 e. The third-order valence-electron chi connectivity index (χ3n) is 4.75. The number of fused-ring (bicyclic) bond motifs is 1. The summed E-state index contributed by atoms with van der Waals surface area (Å²) < 4.78 is 1.73. The standard InChI is InChI=1S/C21H26N6O2/c1-12-13(8-18(28)23-12)7-14-11-22-27-17(24-15-5-6-15)9-16(26-20(14)27)25-19(29)10-21(2,3)4/h7,9,11,15,24H,1,5-6,8,10H2,2-4H3,(H,23,28)(H,25,26,29)/b13-7+. The lowest BCUT2D eigenvalue weighted by Crippen LogP contribution is -2.20. The molecule has 2 aromatic heterocycles. The molecule has 152 valence electrons. The van der Waals surface area contributed by atoms with E-state index in [2.05, 4.69) is 32.6 Å². The summed E-state index contributed by atoms with van der Waals surface area (Å²) in [5.41, 5.74) is 2.67. The lowest BCUT2D eigenvalue weighted by Gasteiger charge is -2.17. The van der Waals surface area contributed by atoms with Gasteiger partial charge in [-0.15, -0.1) is 0 Å². The number of hydrogen-bond acceptors (Lipinski definition) is 5. The zero-order valence-electron chi connectivity index (χ0n) is 17.0. The van der Waals surface area contributed by atoms with Gasteiger partial charge in [0, 0.05) is 29.8 Å². The monoisotopic (exact) mass is 394 g/mol. The molecule has 1 saturated heterocycles. The maximum absolute atomic E-state index is 12.4. The van der Waals surface area contributed by atoms with Crippen LogP contribution in [-0.4, -0.2) is 32.5 Å². The van der Waals surface area contributed by atoms with Crippen molar-refractivity contribution in [3.05, 3.63) is 35.7 Å². The van der Waals surface area contributed by atoms with Crippen LogP contribution in [0.4, 0.5) is 11.6 Å². The molecule has 0 aromatic carbocycles. The summed E-state index contributed by atoms with van der Waals surface area (Å²) in [6.45, 7) is 9.95. The van der Waals surface area contributed by atoms with Gasteiger partial charge in [-0.2, -0.15) is 9.61 Å². The van der Waals surface area contributed by atoms with Crippen molar-refractivity contribution in [3.8, 4) is 0 Å². The van der Waals surface area contributed by atoms with E-state index >= 15 is 0 Å². The first-order valence-corrected chi connectivity index (χ1v) is 9.83. The van der Waals surface area contributed by atoms with E-state index in [1.165, 1.54) is 0 Å². The molecule has 2 aliphatic rings. The Kier molecular flexibility index (Phi) is 4.64. The van der Waals surface area contributed by atoms with E-state index in [0.29, 0.717) is 29.6 Å². The molecule has 3 N–H and O–H groups in total. The van der Waals surface area contributed by atoms with E-state index in [4.69, 9.17) is 0 Å². The summed E-state index contributed by atoms with van der Waals surface area (Å²) in [5, 5.41) is 13.5. The zero-order chi connectivity index (χ0) is 20.8. The Hall–Kier alpha value is -3.16. The van der Waals surface area contributed by atoms with Crippen LogP contribution in [-0.2, 0) is 9.59 Å². The highest BCUT2D eigenvalue weighted by Gasteiger charge is 2.24. The van der Waals surface area contributed by atoms with Gasteiger partial charge in [0.05, 0.1) is 12.6 Å². The summed E-state index contributed by atoms with van der Waals surface area (Å²) in [7, 11) is 0. The fourth-order valence-corrected chi connectivity index (χ4v) is 3.25. The smallest absolute Gasteiger partial charge is 0.228 e. The number of carbonyl (C=O) groups excluding carboxylic acids is 2. The van der Waals surface area contributed by atoms with E-state index in [1.54, 1.807) is 10.7 Å². The maximum atomic E-state index is 12.4. The number of nitrogens with zero attached hydrogens (tertiary/aromatic N) is 3. The Morgan fingerprint density at radius 2 is 2.17 bits per heavy atom. The number of rotatable bonds is 5. The molecule has 4 rings (SSSR count). The predicted octanol–water partition coefficient (Wildman–Crippen LogP) is 3.10. The third kappa shape index (κ3) is 4.47. The molecule has 0 radical (unpaired) electrons. The number of hydrogen-bond donors (Lipinski definition) is 3. The van der Waals surface area contributed by atoms with Crippen molar-refractivity contribution in [1.29, 1.82) is 0 Å². The van der Waals surface area contributed by atoms with Crippen molar-refractivity contribution in [2.45, 2.75) is 52.5 Å². The van der Waals surface area contributed by atoms with Crippen molar-refractivity contribution in [2.24, 2.45) is 5.41 Å². The SMILES string of the molecule is C=C1NC(=O)C/C1=C\c1cnn2c(NC3CC3)cc(NC(=O)CC(C)(C)C)nc12. The minimum absolute atomic E-state index is 0.0723. The van der Waals surface area contributed by atoms with Crippen LogP contribution in [0.5, 0.6) is 0 Å². The van der Waals surface area contributed by atoms with Crippen LogP contribution in [0.1, 0.15) is 52.0 Å². The van der Waals surface area contributed by atoms with Gasteiger partial charge in [-0.3, -0.25) is 9.59 Å². The lowest BCUT2D eigenvalue weighted by molar-refractivity contribution is -0.119. The number of carbonyl (C=O) groups is 2. The zero-order valence-corrected chi connectivity index (χ0v) is 17.0. The normalized spacial score (nSPS) is 18.4. The molecule has 2 fully saturated rings. The highest BCUT2D eigenvalue weighted by atomic mass is 16.2. The molecule has 2 amide bonds. The molecule has 1 aliphatic heterocycles. The van der Waals surface area contributed by atoms with Crippen LogP contribution in [0.15, 0.2) is 30.1 Å². The van der Waals surface area contributed by atoms with Gasteiger partial charge in [0.1, 0.15) is 11.6 Å². The summed E-state index contributed by atoms with van der Waals surface area (Å²) in [4.78, 5) is 28.7. The molecular weight excluding hydrogens is 368 g/mol. The Morgan fingerprint density at radius 3 is 2.79 bits per heavy atom. The van der Waals surface area contributed by atoms with Gasteiger partial charge in [-0.25, -0.2) is 4.98 Å². The van der Waals surface area contributed by atoms with Gasteiger partial charge in [0.15, 0.2) is 5.65 Å². The van der Waals surface area contributed by atoms with Crippen LogP contribution in [0.25, 0.3) is 11.7 Å². The van der Waals surface area contributed by atoms with Crippen molar-refractivity contribution >= 4 is 35.2 Å². The van der Waals surface area contributed by atoms with Gasteiger partial charge in [-0.1, -0.05) is 27.4 Å². The first-order valence-electron chi connectivity index (χ1n) is 9.83. The number of allylic oxidation sites excluding steroid dienone is 1. The van der Waals surface area contributed by atoms with Gasteiger partial charge < -0.3 is 16.0 Å². The molecule has 0 unspecified atom stereocenters. The highest BCUT2D eigenvalue weighted by Crippen LogP contribution is 2.29. The fraction of sp³-hybridized carbons (Fsp3) is 0.429. The van der Waals surface area contributed by atoms with Crippen molar-refractivity contribution < 1.29 is 9.59 Å². The molecular formula is C21H26N6O2. The number of aromatic nitrogens is 3. The molecule has 29 heavy (non-hydrogen) atoms. The minimum atomic E-state index is -0.113. The summed E-state index contributed by atoms with van der Waals surface area (Å²) in [6, 6.07) is 2.23. The van der Waals surface area contributed by atoms with Gasteiger partial charge >= 0.3 is 0 Å². The Bertz CT molecular complexity index is 1040. The largest absolute Gasteiger partial charge is 0.367 e. The quantitative estimate of drug-likeness (QED) is 0.724. The average molecular weight is 394 g/mol. The van der Waals surface area contributed by atoms with E-state index in [1.807, 2.05) is 32.9 Å². The molecule has 8 nitrogen and oxygen atoms in total. The second-order valence-corrected chi connectivity index (χ2v) is 8.94. The second kappa shape index (κ2) is 7.02. The first kappa shape index (κ1) is 19.2. The average Bonchev–Trinajstić information content (AvgIpc) is 3.22. The van der Waals surface area contributed by atoms with Crippen LogP contribution < -0.4 is 16.0 Å². The predicted molar refractivity (Wildman–Crippen MR) is 112 cm³/mol. The van der Waals surface area contributed by atoms with Gasteiger partial charge in [-0.05, 0) is 29.9 Å². The van der Waals surface area contributed by atoms with E-state index in [0.717, 1.165) is 29.8 Å². The van der Waals surface area contributed by atoms with Gasteiger partial charge in [0.2, 0.25) is 11.8 Å². The van der Waals surface area contributed by atoms with Crippen LogP contribution in [0, 0.1) is 5.41 Å². The van der Waals surface area contributed by atoms with Gasteiger partial charge in [0.25, 0.3) is 0 Å². The molecule has 1 aliphatic carbocycles. The second-order valence-electron chi connectivity index (χ2n) is 8.94. The third-order valence-corrected chi connectivity index (χ3v) is 4.75. The van der Waals surface area contributed by atoms with Crippen LogP contribution >= 0.6 is 0 Å². The molecule has 0 bridgehead atoms. The molecule has 1 saturated carbocycles. The summed E-state index contributed by atoms with van der Waals surface area (Å²) in [6.07, 6.45) is 6.49. The molecule has 8 heteroatoms. The first-order chi connectivity index (χ1) is 13.7. The number of amides is 2. The minimum Gasteiger partial charge on any atom is -0.367 e. The molecule has 3 heterocycles. The van der Waals surface area contributed by atoms with Crippen LogP contribution in [0.2, 0.25) is 0 Å². The lowest BCUT2D eigenvalue weighted by atomic mass is 9.92. The Labute approximate surface area is 169 Å². The van der Waals surface area contributed by atoms with Crippen LogP contribution in [0.3, 0.4) is 0 Å². The highest BCUT2D eigenvalue weighted by molar-refractivity contribution is 5.92. The Morgan fingerprint density at radius 1 is 1.41 bits per heavy atom. The topological polar surface area (TPSA) is 100 Å². The summed E-state index contributed by atoms with van der Waals surface area (Å²) >= 11 is 0. The van der Waals surface area contributed by atoms with E-state index < -0.39 is 0 Å². The van der Waals surface area contributed by atoms with E-state index in [-0.39, 0.29) is 23.7 Å². The van der Waals surface area contributed by atoms with Crippen molar-refractivity contribution in [2.75, 3.05) is 10.6 Å². The molecule has 0 spiro atoms. The molecule has 2 aromatic rings. The molecule has 0 atom stereocenters. The van der Waals surface area contributed by atoms with Crippen molar-refractivity contribution in [3.63, 3.8) is 0 Å². The van der Waals surface area contributed by atoms with Crippen molar-refractivity contribution in [1.82, 2.24) is 19.9 Å².